The van der Waals surface area contributed by atoms with Crippen LogP contribution in [0.15, 0.2) is 24.3 Å². The Hall–Kier alpha value is -1.63. The molecule has 6 nitrogen and oxygen atoms in total. The molecule has 2 aliphatic rings. The summed E-state index contributed by atoms with van der Waals surface area (Å²) in [5, 5.41) is 6.63. The topological polar surface area (TPSA) is 70.7 Å². The van der Waals surface area contributed by atoms with E-state index in [0.717, 1.165) is 63.2 Å². The number of nitrogens with zero attached hydrogens (tertiary/aromatic N) is 1. The van der Waals surface area contributed by atoms with Crippen molar-refractivity contribution in [2.45, 2.75) is 58.0 Å². The van der Waals surface area contributed by atoms with Gasteiger partial charge < -0.3 is 15.4 Å². The monoisotopic (exact) mass is 435 g/mol. The number of benzene rings is 1. The van der Waals surface area contributed by atoms with Crippen LogP contribution in [-0.2, 0) is 20.9 Å². The molecule has 1 spiro atoms. The Morgan fingerprint density at radius 1 is 1.07 bits per heavy atom. The number of halogens is 1. The first-order valence-corrected chi connectivity index (χ1v) is 11.5. The molecular formula is C23H34ClN3O3. The number of rotatable bonds is 2. The Kier molecular flexibility index (Phi) is 8.54. The molecule has 166 valence electrons. The number of hydrogen-bond acceptors (Lipinski definition) is 4. The van der Waals surface area contributed by atoms with E-state index in [4.69, 9.17) is 16.3 Å². The Morgan fingerprint density at radius 3 is 2.50 bits per heavy atom. The third-order valence-electron chi connectivity index (χ3n) is 6.31. The van der Waals surface area contributed by atoms with Crippen LogP contribution in [0.25, 0.3) is 0 Å². The fourth-order valence-corrected chi connectivity index (χ4v) is 4.43. The average molecular weight is 436 g/mol. The molecule has 0 bridgehead atoms. The molecule has 7 heteroatoms. The molecule has 2 saturated heterocycles. The first-order chi connectivity index (χ1) is 14.5. The van der Waals surface area contributed by atoms with Crippen molar-refractivity contribution in [1.82, 2.24) is 15.5 Å². The lowest BCUT2D eigenvalue weighted by atomic mass is 9.73. The van der Waals surface area contributed by atoms with E-state index in [1.807, 2.05) is 12.1 Å². The summed E-state index contributed by atoms with van der Waals surface area (Å²) in [6, 6.07) is 7.43. The summed E-state index contributed by atoms with van der Waals surface area (Å²) >= 11 is 5.99. The molecule has 30 heavy (non-hydrogen) atoms. The van der Waals surface area contributed by atoms with E-state index < -0.39 is 11.5 Å². The third kappa shape index (κ3) is 6.43. The van der Waals surface area contributed by atoms with Crippen LogP contribution in [0.5, 0.6) is 0 Å². The van der Waals surface area contributed by atoms with Crippen molar-refractivity contribution in [2.24, 2.45) is 5.41 Å². The first-order valence-electron chi connectivity index (χ1n) is 11.1. The van der Waals surface area contributed by atoms with Crippen molar-refractivity contribution in [2.75, 3.05) is 32.8 Å². The average Bonchev–Trinajstić information content (AvgIpc) is 2.74. The fraction of sp³-hybridized carbons (Fsp3) is 0.652. The van der Waals surface area contributed by atoms with Crippen LogP contribution >= 0.6 is 11.6 Å². The van der Waals surface area contributed by atoms with Gasteiger partial charge in [-0.25, -0.2) is 0 Å². The number of nitrogens with one attached hydrogen (secondary N) is 2. The van der Waals surface area contributed by atoms with Gasteiger partial charge in [0.15, 0.2) is 0 Å². The van der Waals surface area contributed by atoms with Crippen molar-refractivity contribution in [3.63, 3.8) is 0 Å². The van der Waals surface area contributed by atoms with Crippen molar-refractivity contribution in [1.29, 1.82) is 0 Å². The maximum absolute atomic E-state index is 13.3. The van der Waals surface area contributed by atoms with Gasteiger partial charge in [0.05, 0.1) is 5.41 Å². The minimum Gasteiger partial charge on any atom is -0.381 e. The largest absolute Gasteiger partial charge is 0.381 e. The number of piperidine rings is 1. The number of likely N-dealkylation sites (tertiary alicyclic amines) is 1. The number of amides is 2. The molecular weight excluding hydrogens is 402 g/mol. The number of carbonyl (C=O) groups excluding carboxylic acids is 2. The highest BCUT2D eigenvalue weighted by Crippen LogP contribution is 2.37. The zero-order valence-electron chi connectivity index (χ0n) is 17.9. The van der Waals surface area contributed by atoms with Gasteiger partial charge in [0, 0.05) is 31.3 Å². The zero-order valence-corrected chi connectivity index (χ0v) is 18.7. The van der Waals surface area contributed by atoms with Crippen LogP contribution in [0.4, 0.5) is 0 Å². The summed E-state index contributed by atoms with van der Waals surface area (Å²) in [4.78, 5) is 28.0. The van der Waals surface area contributed by atoms with Gasteiger partial charge in [-0.05, 0) is 69.8 Å². The van der Waals surface area contributed by atoms with Crippen LogP contribution in [-0.4, -0.2) is 55.6 Å². The maximum Gasteiger partial charge on any atom is 0.242 e. The van der Waals surface area contributed by atoms with Crippen molar-refractivity contribution in [3.8, 4) is 0 Å². The molecule has 1 aromatic carbocycles. The number of carbonyl (C=O) groups is 2. The van der Waals surface area contributed by atoms with E-state index in [2.05, 4.69) is 27.7 Å². The molecule has 0 saturated carbocycles. The lowest BCUT2D eigenvalue weighted by molar-refractivity contribution is -0.138. The standard InChI is InChI=1S/C23H34ClN3O3/c1-18-21(28)25-12-4-16-30-15-3-2-9-23(22(29)26-18)10-13-27(14-11-23)17-19-5-7-20(24)8-6-19/h5-8,18H,2-4,9-17H2,1H3,(H,25,28)(H,26,29)/t18-/m0/s1. The Morgan fingerprint density at radius 2 is 1.77 bits per heavy atom. The molecule has 0 aliphatic carbocycles. The highest BCUT2D eigenvalue weighted by Gasteiger charge is 2.41. The summed E-state index contributed by atoms with van der Waals surface area (Å²) in [6.45, 7) is 6.31. The van der Waals surface area contributed by atoms with Crippen LogP contribution in [0.2, 0.25) is 5.02 Å². The predicted octanol–water partition coefficient (Wildman–Crippen LogP) is 3.13. The molecule has 3 rings (SSSR count). The third-order valence-corrected chi connectivity index (χ3v) is 6.57. The van der Waals surface area contributed by atoms with Crippen LogP contribution in [0.1, 0.15) is 51.0 Å². The number of hydrogen-bond donors (Lipinski definition) is 2. The zero-order chi connectivity index (χ0) is 21.4. The lowest BCUT2D eigenvalue weighted by Gasteiger charge is -2.41. The van der Waals surface area contributed by atoms with Crippen molar-refractivity contribution >= 4 is 23.4 Å². The van der Waals surface area contributed by atoms with Gasteiger partial charge in [-0.2, -0.15) is 0 Å². The molecule has 2 fully saturated rings. The van der Waals surface area contributed by atoms with E-state index >= 15 is 0 Å². The SMILES string of the molecule is C[C@@H]1NC(=O)C2(CCCCOCCCNC1=O)CCN(Cc1ccc(Cl)cc1)CC2. The molecule has 2 amide bonds. The molecule has 2 aliphatic heterocycles. The minimum atomic E-state index is -0.523. The molecule has 0 radical (unpaired) electrons. The maximum atomic E-state index is 13.3. The van der Waals surface area contributed by atoms with Crippen LogP contribution in [0.3, 0.4) is 0 Å². The Balaban J connectivity index is 1.63. The minimum absolute atomic E-state index is 0.0225. The summed E-state index contributed by atoms with van der Waals surface area (Å²) in [5.41, 5.74) is 0.822. The summed E-state index contributed by atoms with van der Waals surface area (Å²) in [7, 11) is 0. The van der Waals surface area contributed by atoms with Gasteiger partial charge in [-0.1, -0.05) is 30.2 Å². The summed E-state index contributed by atoms with van der Waals surface area (Å²) < 4.78 is 5.67. The molecule has 1 aromatic rings. The molecule has 0 aromatic heterocycles. The van der Waals surface area contributed by atoms with Crippen molar-refractivity contribution < 1.29 is 14.3 Å². The smallest absolute Gasteiger partial charge is 0.242 e. The van der Waals surface area contributed by atoms with Crippen LogP contribution < -0.4 is 10.6 Å². The van der Waals surface area contributed by atoms with Crippen molar-refractivity contribution in [3.05, 3.63) is 34.9 Å². The van der Waals surface area contributed by atoms with Gasteiger partial charge in [0.2, 0.25) is 11.8 Å². The van der Waals surface area contributed by atoms with Crippen LogP contribution in [0, 0.1) is 5.41 Å². The predicted molar refractivity (Wildman–Crippen MR) is 118 cm³/mol. The van der Waals surface area contributed by atoms with E-state index in [1.54, 1.807) is 6.92 Å². The Labute approximate surface area is 184 Å². The quantitative estimate of drug-likeness (QED) is 0.748. The first kappa shape index (κ1) is 23.0. The van der Waals surface area contributed by atoms with Gasteiger partial charge in [-0.15, -0.1) is 0 Å². The second kappa shape index (κ2) is 11.1. The van der Waals surface area contributed by atoms with Gasteiger partial charge in [-0.3, -0.25) is 14.5 Å². The van der Waals surface area contributed by atoms with E-state index in [9.17, 15) is 9.59 Å². The molecule has 2 heterocycles. The van der Waals surface area contributed by atoms with Gasteiger partial charge >= 0.3 is 0 Å². The molecule has 1 atom stereocenters. The lowest BCUT2D eigenvalue weighted by Crippen LogP contribution is -2.53. The van der Waals surface area contributed by atoms with E-state index in [1.165, 1.54) is 5.56 Å². The summed E-state index contributed by atoms with van der Waals surface area (Å²) in [6.07, 6.45) is 5.17. The second-order valence-corrected chi connectivity index (χ2v) is 9.03. The second-order valence-electron chi connectivity index (χ2n) is 8.59. The summed E-state index contributed by atoms with van der Waals surface area (Å²) in [5.74, 6) is -0.106. The van der Waals surface area contributed by atoms with E-state index in [0.29, 0.717) is 19.8 Å². The normalized spacial score (nSPS) is 24.7. The highest BCUT2D eigenvalue weighted by atomic mass is 35.5. The molecule has 0 unspecified atom stereocenters. The van der Waals surface area contributed by atoms with E-state index in [-0.39, 0.29) is 11.8 Å². The Bertz CT molecular complexity index is 702. The van der Waals surface area contributed by atoms with Gasteiger partial charge in [0.1, 0.15) is 6.04 Å². The highest BCUT2D eigenvalue weighted by molar-refractivity contribution is 6.30. The van der Waals surface area contributed by atoms with Gasteiger partial charge in [0.25, 0.3) is 0 Å². The fourth-order valence-electron chi connectivity index (χ4n) is 4.30. The molecule has 2 N–H and O–H groups in total. The number of ether oxygens (including phenoxy) is 1.